The highest BCUT2D eigenvalue weighted by Crippen LogP contribution is 2.26. The molecule has 108 valence electrons. The van der Waals surface area contributed by atoms with E-state index in [0.717, 1.165) is 21.5 Å². The minimum Gasteiger partial charge on any atom is -0.323 e. The van der Waals surface area contributed by atoms with Gasteiger partial charge in [-0.05, 0) is 30.4 Å². The molecule has 0 aliphatic carbocycles. The number of aromatic nitrogens is 2. The molecule has 2 aromatic rings. The van der Waals surface area contributed by atoms with Gasteiger partial charge in [0.15, 0.2) is 4.34 Å². The van der Waals surface area contributed by atoms with E-state index in [4.69, 9.17) is 5.73 Å². The van der Waals surface area contributed by atoms with Gasteiger partial charge in [-0.1, -0.05) is 61.2 Å². The summed E-state index contributed by atoms with van der Waals surface area (Å²) in [4.78, 5) is 0. The highest BCUT2D eigenvalue weighted by atomic mass is 32.2. The van der Waals surface area contributed by atoms with Crippen LogP contribution >= 0.6 is 23.1 Å². The molecule has 1 aromatic carbocycles. The number of thioether (sulfide) groups is 1. The van der Waals surface area contributed by atoms with Crippen LogP contribution < -0.4 is 5.73 Å². The van der Waals surface area contributed by atoms with E-state index < -0.39 is 0 Å². The smallest absolute Gasteiger partial charge is 0.174 e. The lowest BCUT2D eigenvalue weighted by Gasteiger charge is -2.12. The molecule has 5 heteroatoms. The molecule has 1 heterocycles. The first kappa shape index (κ1) is 15.5. The molecule has 0 aliphatic heterocycles. The van der Waals surface area contributed by atoms with Crippen LogP contribution in [0, 0.1) is 12.8 Å². The third-order valence-electron chi connectivity index (χ3n) is 2.95. The lowest BCUT2D eigenvalue weighted by Crippen LogP contribution is -2.13. The van der Waals surface area contributed by atoms with Gasteiger partial charge in [0.05, 0.1) is 0 Å². The van der Waals surface area contributed by atoms with Crippen LogP contribution in [0.15, 0.2) is 28.6 Å². The maximum Gasteiger partial charge on any atom is 0.174 e. The van der Waals surface area contributed by atoms with Gasteiger partial charge in [-0.15, -0.1) is 10.2 Å². The zero-order valence-corrected chi connectivity index (χ0v) is 13.8. The molecule has 0 radical (unpaired) electrons. The van der Waals surface area contributed by atoms with Crippen molar-refractivity contribution in [3.05, 3.63) is 40.4 Å². The molecule has 0 saturated carbocycles. The summed E-state index contributed by atoms with van der Waals surface area (Å²) in [5, 5.41) is 9.12. The molecule has 2 rings (SSSR count). The molecule has 0 fully saturated rings. The molecular weight excluding hydrogens is 286 g/mol. The van der Waals surface area contributed by atoms with Crippen molar-refractivity contribution in [2.75, 3.05) is 5.75 Å². The first-order valence-corrected chi connectivity index (χ1v) is 8.62. The Labute approximate surface area is 129 Å². The SMILES string of the molecule is Cc1nnc(SCC(N)c2ccc(CC(C)C)cc2)s1. The standard InChI is InChI=1S/C15H21N3S2/c1-10(2)8-12-4-6-13(7-5-12)14(16)9-19-15-18-17-11(3)20-15/h4-7,10,14H,8-9,16H2,1-3H3. The van der Waals surface area contributed by atoms with E-state index in [1.54, 1.807) is 23.1 Å². The van der Waals surface area contributed by atoms with Gasteiger partial charge in [-0.25, -0.2) is 0 Å². The molecule has 0 spiro atoms. The van der Waals surface area contributed by atoms with Crippen molar-refractivity contribution in [3.63, 3.8) is 0 Å². The third-order valence-corrected chi connectivity index (χ3v) is 5.04. The molecule has 0 aliphatic rings. The Morgan fingerprint density at radius 1 is 1.20 bits per heavy atom. The zero-order valence-electron chi connectivity index (χ0n) is 12.2. The van der Waals surface area contributed by atoms with Crippen molar-refractivity contribution in [1.29, 1.82) is 0 Å². The van der Waals surface area contributed by atoms with Gasteiger partial charge in [0.2, 0.25) is 0 Å². The number of nitrogens with two attached hydrogens (primary N) is 1. The minimum absolute atomic E-state index is 0.0392. The number of aryl methyl sites for hydroxylation is 1. The maximum atomic E-state index is 6.24. The summed E-state index contributed by atoms with van der Waals surface area (Å²) in [6, 6.07) is 8.71. The normalized spacial score (nSPS) is 12.8. The Hall–Kier alpha value is -0.910. The van der Waals surface area contributed by atoms with Crippen LogP contribution in [-0.4, -0.2) is 16.0 Å². The van der Waals surface area contributed by atoms with E-state index in [9.17, 15) is 0 Å². The first-order valence-electron chi connectivity index (χ1n) is 6.82. The van der Waals surface area contributed by atoms with Crippen LogP contribution in [-0.2, 0) is 6.42 Å². The van der Waals surface area contributed by atoms with E-state index in [1.165, 1.54) is 11.1 Å². The van der Waals surface area contributed by atoms with Crippen molar-refractivity contribution >= 4 is 23.1 Å². The quantitative estimate of drug-likeness (QED) is 0.824. The number of benzene rings is 1. The van der Waals surface area contributed by atoms with Gasteiger partial charge in [0, 0.05) is 11.8 Å². The number of hydrogen-bond donors (Lipinski definition) is 1. The molecular formula is C15H21N3S2. The first-order chi connectivity index (χ1) is 9.54. The Kier molecular flexibility index (Phi) is 5.57. The summed E-state index contributed by atoms with van der Waals surface area (Å²) in [5.41, 5.74) is 8.80. The van der Waals surface area contributed by atoms with Gasteiger partial charge in [-0.2, -0.15) is 0 Å². The van der Waals surface area contributed by atoms with Crippen LogP contribution in [0.5, 0.6) is 0 Å². The Morgan fingerprint density at radius 3 is 2.45 bits per heavy atom. The van der Waals surface area contributed by atoms with Crippen molar-refractivity contribution in [2.45, 2.75) is 37.6 Å². The summed E-state index contributed by atoms with van der Waals surface area (Å²) in [6.45, 7) is 6.44. The van der Waals surface area contributed by atoms with Crippen molar-refractivity contribution < 1.29 is 0 Å². The van der Waals surface area contributed by atoms with Crippen molar-refractivity contribution in [2.24, 2.45) is 11.7 Å². The molecule has 3 nitrogen and oxygen atoms in total. The average molecular weight is 307 g/mol. The summed E-state index contributed by atoms with van der Waals surface area (Å²) >= 11 is 3.30. The fourth-order valence-corrected chi connectivity index (χ4v) is 3.80. The number of nitrogens with zero attached hydrogens (tertiary/aromatic N) is 2. The lowest BCUT2D eigenvalue weighted by atomic mass is 10.0. The predicted molar refractivity (Wildman–Crippen MR) is 87.3 cm³/mol. The molecule has 1 unspecified atom stereocenters. The maximum absolute atomic E-state index is 6.24. The number of hydrogen-bond acceptors (Lipinski definition) is 5. The molecule has 1 atom stereocenters. The van der Waals surface area contributed by atoms with Crippen LogP contribution in [0.4, 0.5) is 0 Å². The summed E-state index contributed by atoms with van der Waals surface area (Å²) in [5.74, 6) is 1.52. The second-order valence-electron chi connectivity index (χ2n) is 5.34. The van der Waals surface area contributed by atoms with Crippen LogP contribution in [0.1, 0.15) is 36.0 Å². The third kappa shape index (κ3) is 4.58. The Morgan fingerprint density at radius 2 is 1.90 bits per heavy atom. The van der Waals surface area contributed by atoms with E-state index in [0.29, 0.717) is 5.92 Å². The Bertz CT molecular complexity index is 534. The fraction of sp³-hybridized carbons (Fsp3) is 0.467. The van der Waals surface area contributed by atoms with Gasteiger partial charge >= 0.3 is 0 Å². The van der Waals surface area contributed by atoms with E-state index in [2.05, 4.69) is 48.3 Å². The van der Waals surface area contributed by atoms with Gasteiger partial charge in [0.25, 0.3) is 0 Å². The van der Waals surface area contributed by atoms with E-state index in [-0.39, 0.29) is 6.04 Å². The zero-order chi connectivity index (χ0) is 14.5. The fourth-order valence-electron chi connectivity index (χ4n) is 1.97. The molecule has 0 amide bonds. The predicted octanol–water partition coefficient (Wildman–Crippen LogP) is 3.84. The molecule has 0 bridgehead atoms. The van der Waals surface area contributed by atoms with Crippen molar-refractivity contribution in [3.8, 4) is 0 Å². The second-order valence-corrected chi connectivity index (χ2v) is 7.79. The molecule has 1 aromatic heterocycles. The summed E-state index contributed by atoms with van der Waals surface area (Å²) in [6.07, 6.45) is 1.12. The summed E-state index contributed by atoms with van der Waals surface area (Å²) < 4.78 is 0.995. The van der Waals surface area contributed by atoms with Crippen LogP contribution in [0.2, 0.25) is 0 Å². The Balaban J connectivity index is 1.90. The van der Waals surface area contributed by atoms with Crippen molar-refractivity contribution in [1.82, 2.24) is 10.2 Å². The van der Waals surface area contributed by atoms with Crippen LogP contribution in [0.25, 0.3) is 0 Å². The topological polar surface area (TPSA) is 51.8 Å². The average Bonchev–Trinajstić information content (AvgIpc) is 2.82. The highest BCUT2D eigenvalue weighted by molar-refractivity contribution is 8.01. The van der Waals surface area contributed by atoms with Gasteiger partial charge in [-0.3, -0.25) is 0 Å². The highest BCUT2D eigenvalue weighted by Gasteiger charge is 2.09. The summed E-state index contributed by atoms with van der Waals surface area (Å²) in [7, 11) is 0. The van der Waals surface area contributed by atoms with Crippen LogP contribution in [0.3, 0.4) is 0 Å². The molecule has 20 heavy (non-hydrogen) atoms. The van der Waals surface area contributed by atoms with Gasteiger partial charge < -0.3 is 5.73 Å². The van der Waals surface area contributed by atoms with E-state index >= 15 is 0 Å². The number of rotatable bonds is 6. The van der Waals surface area contributed by atoms with Gasteiger partial charge in [0.1, 0.15) is 5.01 Å². The largest absolute Gasteiger partial charge is 0.323 e. The molecule has 2 N–H and O–H groups in total. The lowest BCUT2D eigenvalue weighted by molar-refractivity contribution is 0.647. The monoisotopic (exact) mass is 307 g/mol. The minimum atomic E-state index is 0.0392. The second kappa shape index (κ2) is 7.20. The van der Waals surface area contributed by atoms with E-state index in [1.807, 2.05) is 6.92 Å². The molecule has 0 saturated heterocycles.